The number of carbonyl (C=O) groups excluding carboxylic acids is 2. The predicted molar refractivity (Wildman–Crippen MR) is 150 cm³/mol. The highest BCUT2D eigenvalue weighted by molar-refractivity contribution is 7.16. The summed E-state index contributed by atoms with van der Waals surface area (Å²) in [7, 11) is 0. The van der Waals surface area contributed by atoms with Gasteiger partial charge in [-0.25, -0.2) is 0 Å². The third kappa shape index (κ3) is 5.08. The van der Waals surface area contributed by atoms with Crippen LogP contribution in [0.3, 0.4) is 0 Å². The molecule has 7 nitrogen and oxygen atoms in total. The second-order valence-electron chi connectivity index (χ2n) is 9.30. The monoisotopic (exact) mass is 519 g/mol. The molecular formula is C30H25N5O2S. The van der Waals surface area contributed by atoms with Crippen LogP contribution in [0.5, 0.6) is 0 Å². The molecule has 0 unspecified atom stereocenters. The van der Waals surface area contributed by atoms with E-state index in [0.717, 1.165) is 58.3 Å². The maximum absolute atomic E-state index is 13.1. The molecule has 0 radical (unpaired) electrons. The summed E-state index contributed by atoms with van der Waals surface area (Å²) in [5.41, 5.74) is 4.69. The zero-order valence-corrected chi connectivity index (χ0v) is 21.7. The molecule has 2 heterocycles. The van der Waals surface area contributed by atoms with E-state index in [4.69, 9.17) is 0 Å². The number of para-hydroxylation sites is 1. The predicted octanol–water partition coefficient (Wildman–Crippen LogP) is 5.95. The molecule has 0 aliphatic heterocycles. The van der Waals surface area contributed by atoms with E-state index < -0.39 is 5.91 Å². The van der Waals surface area contributed by atoms with Gasteiger partial charge in [0.15, 0.2) is 0 Å². The van der Waals surface area contributed by atoms with E-state index in [1.54, 1.807) is 10.8 Å². The summed E-state index contributed by atoms with van der Waals surface area (Å²) >= 11 is 1.42. The number of amides is 2. The van der Waals surface area contributed by atoms with Gasteiger partial charge in [-0.1, -0.05) is 30.3 Å². The van der Waals surface area contributed by atoms with Crippen molar-refractivity contribution < 1.29 is 9.59 Å². The number of thiophene rings is 1. The number of rotatable bonds is 6. The molecule has 5 rings (SSSR count). The lowest BCUT2D eigenvalue weighted by Gasteiger charge is -2.09. The summed E-state index contributed by atoms with van der Waals surface area (Å²) in [4.78, 5) is 27.0. The van der Waals surface area contributed by atoms with Crippen molar-refractivity contribution in [3.63, 3.8) is 0 Å². The molecule has 8 heteroatoms. The SMILES string of the molecule is Cc1cccc(NC(=O)Cn2cc(/C=C(\C#N)C(=O)Nc3sc4c(c3C#N)CCCC4)c3ccccc32)c1. The quantitative estimate of drug-likeness (QED) is 0.242. The van der Waals surface area contributed by atoms with E-state index >= 15 is 0 Å². The van der Waals surface area contributed by atoms with Crippen molar-refractivity contribution in [2.45, 2.75) is 39.2 Å². The first-order chi connectivity index (χ1) is 18.5. The molecule has 2 N–H and O–H groups in total. The van der Waals surface area contributed by atoms with Gasteiger partial charge in [-0.15, -0.1) is 11.3 Å². The van der Waals surface area contributed by atoms with Crippen LogP contribution in [0.4, 0.5) is 10.7 Å². The van der Waals surface area contributed by atoms with E-state index in [0.29, 0.717) is 16.1 Å². The third-order valence-electron chi connectivity index (χ3n) is 6.61. The fourth-order valence-electron chi connectivity index (χ4n) is 4.85. The van der Waals surface area contributed by atoms with Gasteiger partial charge in [0.25, 0.3) is 5.91 Å². The molecule has 2 aromatic heterocycles. The number of aromatic nitrogens is 1. The first kappa shape index (κ1) is 25.0. The van der Waals surface area contributed by atoms with E-state index in [9.17, 15) is 20.1 Å². The fourth-order valence-corrected chi connectivity index (χ4v) is 6.08. The van der Waals surface area contributed by atoms with Crippen LogP contribution in [0.1, 0.15) is 40.0 Å². The van der Waals surface area contributed by atoms with Crippen LogP contribution >= 0.6 is 11.3 Å². The van der Waals surface area contributed by atoms with Gasteiger partial charge in [0.05, 0.1) is 5.56 Å². The van der Waals surface area contributed by atoms with Crippen molar-refractivity contribution in [3.8, 4) is 12.1 Å². The first-order valence-corrected chi connectivity index (χ1v) is 13.2. The standard InChI is InChI=1S/C30H25N5O2S/c1-19-7-6-8-22(13-19)33-28(36)18-35-17-21(23-9-2-4-11-26(23)35)14-20(15-31)29(37)34-30-25(16-32)24-10-3-5-12-27(24)38-30/h2,4,6-9,11,13-14,17H,3,5,10,12,18H2,1H3,(H,33,36)(H,34,37)/b20-14+. The number of nitrogens with zero attached hydrogens (tertiary/aromatic N) is 3. The molecule has 0 spiro atoms. The van der Waals surface area contributed by atoms with Crippen LogP contribution < -0.4 is 10.6 Å². The molecule has 2 amide bonds. The van der Waals surface area contributed by atoms with Crippen LogP contribution in [0, 0.1) is 29.6 Å². The second-order valence-corrected chi connectivity index (χ2v) is 10.4. The average molecular weight is 520 g/mol. The van der Waals surface area contributed by atoms with Crippen molar-refractivity contribution in [3.05, 3.63) is 87.4 Å². The van der Waals surface area contributed by atoms with Crippen LogP contribution in [-0.2, 0) is 29.0 Å². The lowest BCUT2D eigenvalue weighted by atomic mass is 9.96. The molecule has 0 atom stereocenters. The van der Waals surface area contributed by atoms with Crippen molar-refractivity contribution in [1.82, 2.24) is 4.57 Å². The number of nitrogens with one attached hydrogen (secondary N) is 2. The van der Waals surface area contributed by atoms with E-state index in [1.807, 2.05) is 61.5 Å². The first-order valence-electron chi connectivity index (χ1n) is 12.4. The summed E-state index contributed by atoms with van der Waals surface area (Å²) in [6, 6.07) is 19.4. The van der Waals surface area contributed by atoms with Gasteiger partial charge >= 0.3 is 0 Å². The number of nitriles is 2. The Morgan fingerprint density at radius 3 is 2.68 bits per heavy atom. The van der Waals surface area contributed by atoms with Crippen molar-refractivity contribution >= 4 is 50.8 Å². The number of carbonyl (C=O) groups is 2. The normalized spacial score (nSPS) is 12.9. The maximum Gasteiger partial charge on any atom is 0.266 e. The molecule has 2 aromatic carbocycles. The van der Waals surface area contributed by atoms with Gasteiger partial charge in [0, 0.05) is 33.2 Å². The Kier molecular flexibility index (Phi) is 7.08. The third-order valence-corrected chi connectivity index (χ3v) is 7.82. The Bertz CT molecular complexity index is 1680. The molecule has 38 heavy (non-hydrogen) atoms. The fraction of sp³-hybridized carbons (Fsp3) is 0.200. The zero-order valence-electron chi connectivity index (χ0n) is 20.9. The number of fused-ring (bicyclic) bond motifs is 2. The minimum absolute atomic E-state index is 0.0721. The topological polar surface area (TPSA) is 111 Å². The average Bonchev–Trinajstić information content (AvgIpc) is 3.44. The Balaban J connectivity index is 1.41. The lowest BCUT2D eigenvalue weighted by Crippen LogP contribution is -2.18. The summed E-state index contributed by atoms with van der Waals surface area (Å²) in [5.74, 6) is -0.743. The summed E-state index contributed by atoms with van der Waals surface area (Å²) in [6.45, 7) is 2.03. The molecule has 4 aromatic rings. The number of aryl methyl sites for hydroxylation is 2. The van der Waals surface area contributed by atoms with Crippen molar-refractivity contribution in [1.29, 1.82) is 10.5 Å². The van der Waals surface area contributed by atoms with Crippen LogP contribution in [-0.4, -0.2) is 16.4 Å². The van der Waals surface area contributed by atoms with E-state index in [2.05, 4.69) is 16.7 Å². The molecule has 188 valence electrons. The van der Waals surface area contributed by atoms with Gasteiger partial charge in [-0.05, 0) is 68.0 Å². The van der Waals surface area contributed by atoms with Gasteiger partial charge in [0.1, 0.15) is 29.3 Å². The molecule has 1 aliphatic carbocycles. The van der Waals surface area contributed by atoms with Gasteiger partial charge in [-0.3, -0.25) is 9.59 Å². The molecule has 0 fully saturated rings. The Morgan fingerprint density at radius 2 is 1.89 bits per heavy atom. The highest BCUT2D eigenvalue weighted by atomic mass is 32.1. The number of hydrogen-bond donors (Lipinski definition) is 2. The highest BCUT2D eigenvalue weighted by Gasteiger charge is 2.23. The van der Waals surface area contributed by atoms with Crippen molar-refractivity contribution in [2.75, 3.05) is 10.6 Å². The molecular weight excluding hydrogens is 494 g/mol. The molecule has 1 aliphatic rings. The molecule has 0 saturated heterocycles. The highest BCUT2D eigenvalue weighted by Crippen LogP contribution is 2.38. The minimum Gasteiger partial charge on any atom is -0.337 e. The summed E-state index contributed by atoms with van der Waals surface area (Å²) in [6.07, 6.45) is 7.15. The smallest absolute Gasteiger partial charge is 0.266 e. The van der Waals surface area contributed by atoms with E-state index in [-0.39, 0.29) is 18.0 Å². The largest absolute Gasteiger partial charge is 0.337 e. The Hall–Kier alpha value is -4.66. The molecule has 0 saturated carbocycles. The molecule has 0 bridgehead atoms. The minimum atomic E-state index is -0.559. The van der Waals surface area contributed by atoms with Crippen LogP contribution in [0.25, 0.3) is 17.0 Å². The Labute approximate surface area is 224 Å². The second kappa shape index (κ2) is 10.8. The number of benzene rings is 2. The van der Waals surface area contributed by atoms with Gasteiger partial charge < -0.3 is 15.2 Å². The van der Waals surface area contributed by atoms with E-state index in [1.165, 1.54) is 17.4 Å². The zero-order chi connectivity index (χ0) is 26.6. The number of anilines is 2. The van der Waals surface area contributed by atoms with Crippen molar-refractivity contribution in [2.24, 2.45) is 0 Å². The van der Waals surface area contributed by atoms with Gasteiger partial charge in [-0.2, -0.15) is 10.5 Å². The number of hydrogen-bond acceptors (Lipinski definition) is 5. The summed E-state index contributed by atoms with van der Waals surface area (Å²) in [5, 5.41) is 26.6. The summed E-state index contributed by atoms with van der Waals surface area (Å²) < 4.78 is 1.81. The van der Waals surface area contributed by atoms with Gasteiger partial charge in [0.2, 0.25) is 5.91 Å². The van der Waals surface area contributed by atoms with Crippen LogP contribution in [0.2, 0.25) is 0 Å². The van der Waals surface area contributed by atoms with Crippen LogP contribution in [0.15, 0.2) is 60.3 Å². The maximum atomic E-state index is 13.1. The Morgan fingerprint density at radius 1 is 1.08 bits per heavy atom. The lowest BCUT2D eigenvalue weighted by molar-refractivity contribution is -0.116.